The number of rotatable bonds is 4. The molecule has 0 saturated carbocycles. The van der Waals surface area contributed by atoms with Crippen LogP contribution in [0.4, 0.5) is 0 Å². The van der Waals surface area contributed by atoms with E-state index in [9.17, 15) is 0 Å². The van der Waals surface area contributed by atoms with Gasteiger partial charge in [-0.1, -0.05) is 0 Å². The summed E-state index contributed by atoms with van der Waals surface area (Å²) in [5.41, 5.74) is 0. The van der Waals surface area contributed by atoms with Crippen molar-refractivity contribution in [3.63, 3.8) is 0 Å². The molecule has 0 N–H and O–H groups in total. The Bertz CT molecular complexity index is 75.4. The molecule has 0 atom stereocenters. The van der Waals surface area contributed by atoms with E-state index in [1.807, 2.05) is 20.8 Å². The highest BCUT2D eigenvalue weighted by molar-refractivity contribution is 6.17. The van der Waals surface area contributed by atoms with E-state index in [0.29, 0.717) is 6.10 Å². The quantitative estimate of drug-likeness (QED) is 0.454. The van der Waals surface area contributed by atoms with Gasteiger partial charge in [-0.2, -0.15) is 0 Å². The van der Waals surface area contributed by atoms with Crippen molar-refractivity contribution in [2.75, 3.05) is 6.61 Å². The van der Waals surface area contributed by atoms with E-state index in [-0.39, 0.29) is 15.9 Å². The third-order valence-electron chi connectivity index (χ3n) is 0.562. The molecule has 10 heavy (non-hydrogen) atoms. The number of nitriles is 1. The minimum atomic E-state index is -0.212. The van der Waals surface area contributed by atoms with Crippen LogP contribution in [0.25, 0.3) is 0 Å². The molecule has 0 saturated heterocycles. The zero-order chi connectivity index (χ0) is 8.41. The molecule has 0 rings (SSSR count). The summed E-state index contributed by atoms with van der Waals surface area (Å²) in [6.45, 7) is 10.2. The zero-order valence-electron chi connectivity index (χ0n) is 6.70. The fourth-order valence-electron chi connectivity index (χ4n) is 0.218. The van der Waals surface area contributed by atoms with Crippen LogP contribution < -0.4 is 0 Å². The van der Waals surface area contributed by atoms with Crippen molar-refractivity contribution in [3.05, 3.63) is 0 Å². The summed E-state index contributed by atoms with van der Waals surface area (Å²) in [5.74, 6) is 0. The minimum absolute atomic E-state index is 0.212. The van der Waals surface area contributed by atoms with Gasteiger partial charge < -0.3 is 7.58 Å². The van der Waals surface area contributed by atoms with E-state index >= 15 is 0 Å². The molecule has 0 amide bonds. The van der Waals surface area contributed by atoms with Gasteiger partial charge in [0, 0.05) is 19.3 Å². The van der Waals surface area contributed by atoms with E-state index in [2.05, 4.69) is 6.57 Å². The summed E-state index contributed by atoms with van der Waals surface area (Å²) in [7, 11) is 0. The lowest BCUT2D eigenvalue weighted by atomic mass is 10.5. The number of hydrogen-bond donors (Lipinski definition) is 0. The van der Waals surface area contributed by atoms with Crippen LogP contribution in [0.1, 0.15) is 20.8 Å². The second kappa shape index (κ2) is 11.7. The summed E-state index contributed by atoms with van der Waals surface area (Å²) in [4.78, 5) is 0. The molecular weight excluding hydrogens is 145 g/mol. The molecule has 0 aliphatic heterocycles. The molecule has 3 nitrogen and oxygen atoms in total. The minimum Gasteiger partial charge on any atom is -0.484 e. The Kier molecular flexibility index (Phi) is 14.8. The highest BCUT2D eigenvalue weighted by Gasteiger charge is 1.97. The summed E-state index contributed by atoms with van der Waals surface area (Å²) in [6, 6.07) is 0. The first-order chi connectivity index (χ1) is 4.77. The molecule has 0 aliphatic rings. The molecule has 0 aromatic rings. The third kappa shape index (κ3) is 15.7. The van der Waals surface area contributed by atoms with Crippen LogP contribution in [0.2, 0.25) is 0 Å². The van der Waals surface area contributed by atoms with E-state index in [1.54, 1.807) is 0 Å². The predicted molar refractivity (Wildman–Crippen MR) is 40.3 cm³/mol. The molecule has 0 spiro atoms. The highest BCUT2D eigenvalue weighted by Crippen LogP contribution is 1.83. The van der Waals surface area contributed by atoms with Crippen LogP contribution in [0.3, 0.4) is 0 Å². The molecule has 1 radical (unpaired) electrons. The van der Waals surface area contributed by atoms with Crippen molar-refractivity contribution in [1.29, 1.82) is 5.26 Å². The predicted octanol–water partition coefficient (Wildman–Crippen LogP) is 1.12. The molecule has 0 unspecified atom stereocenters. The van der Waals surface area contributed by atoms with Gasteiger partial charge in [-0.05, 0) is 20.8 Å². The monoisotopic (exact) mass is 158 g/mol. The van der Waals surface area contributed by atoms with E-state index in [0.717, 1.165) is 6.61 Å². The molecule has 57 valence electrons. The second-order valence-electron chi connectivity index (χ2n) is 1.74. The Hall–Kier alpha value is -0.0575. The van der Waals surface area contributed by atoms with Gasteiger partial charge in [0.1, 0.15) is 0 Å². The van der Waals surface area contributed by atoms with Crippen molar-refractivity contribution < 1.29 is 7.58 Å². The first-order valence-corrected chi connectivity index (χ1v) is 4.06. The Morgan fingerprint density at radius 1 is 1.50 bits per heavy atom. The zero-order valence-corrected chi connectivity index (χ0v) is 7.86. The first-order valence-electron chi connectivity index (χ1n) is 3.12. The maximum Gasteiger partial charge on any atom is 0.668 e. The maximum absolute atomic E-state index is 6.50. The van der Waals surface area contributed by atoms with Gasteiger partial charge in [0.05, 0.1) is 0 Å². The average molecular weight is 158 g/mol. The molecule has 0 heterocycles. The van der Waals surface area contributed by atoms with Gasteiger partial charge in [0.15, 0.2) is 0 Å². The maximum atomic E-state index is 6.50. The highest BCUT2D eigenvalue weighted by atomic mass is 27.2. The molecule has 0 aliphatic carbocycles. The Morgan fingerprint density at radius 2 is 2.00 bits per heavy atom. The Labute approximate surface area is 69.3 Å². The summed E-state index contributed by atoms with van der Waals surface area (Å²) >= 11 is -0.212. The fourth-order valence-corrected chi connectivity index (χ4v) is 0.655. The van der Waals surface area contributed by atoms with E-state index in [4.69, 9.17) is 12.8 Å². The average Bonchev–Trinajstić information content (AvgIpc) is 1.92. The SMILES string of the molecule is C#N.CC[O][Al][O]C(C)C. The molecule has 0 aromatic carbocycles. The second-order valence-corrected chi connectivity index (χ2v) is 2.53. The Balaban J connectivity index is 0. The first kappa shape index (κ1) is 12.6. The van der Waals surface area contributed by atoms with Gasteiger partial charge in [-0.25, -0.2) is 5.26 Å². The van der Waals surface area contributed by atoms with Crippen LogP contribution in [0.5, 0.6) is 0 Å². The number of nitrogens with zero attached hydrogens (tertiary/aromatic N) is 1. The third-order valence-corrected chi connectivity index (χ3v) is 1.69. The van der Waals surface area contributed by atoms with Crippen molar-refractivity contribution in [2.24, 2.45) is 0 Å². The number of hydrogen-bond acceptors (Lipinski definition) is 3. The van der Waals surface area contributed by atoms with Crippen LogP contribution in [0.15, 0.2) is 0 Å². The van der Waals surface area contributed by atoms with Crippen molar-refractivity contribution in [1.82, 2.24) is 0 Å². The molecule has 0 aromatic heterocycles. The summed E-state index contributed by atoms with van der Waals surface area (Å²) in [5, 5.41) is 6.50. The molecule has 0 fully saturated rings. The topological polar surface area (TPSA) is 42.2 Å². The lowest BCUT2D eigenvalue weighted by Crippen LogP contribution is -2.10. The Morgan fingerprint density at radius 3 is 2.30 bits per heavy atom. The van der Waals surface area contributed by atoms with Crippen molar-refractivity contribution >= 4 is 15.9 Å². The van der Waals surface area contributed by atoms with Gasteiger partial charge in [-0.15, -0.1) is 0 Å². The fraction of sp³-hybridized carbons (Fsp3) is 0.833. The lowest BCUT2D eigenvalue weighted by molar-refractivity contribution is 0.185. The largest absolute Gasteiger partial charge is 0.668 e. The van der Waals surface area contributed by atoms with E-state index in [1.165, 1.54) is 0 Å². The van der Waals surface area contributed by atoms with Crippen LogP contribution in [0, 0.1) is 11.8 Å². The van der Waals surface area contributed by atoms with Crippen molar-refractivity contribution in [2.45, 2.75) is 26.9 Å². The van der Waals surface area contributed by atoms with E-state index < -0.39 is 0 Å². The normalized spacial score (nSPS) is 8.20. The summed E-state index contributed by atoms with van der Waals surface area (Å²) < 4.78 is 10.1. The van der Waals surface area contributed by atoms with Gasteiger partial charge in [0.25, 0.3) is 0 Å². The molecule has 4 heteroatoms. The van der Waals surface area contributed by atoms with Gasteiger partial charge >= 0.3 is 15.9 Å². The van der Waals surface area contributed by atoms with Crippen LogP contribution >= 0.6 is 0 Å². The van der Waals surface area contributed by atoms with Crippen LogP contribution in [-0.4, -0.2) is 28.6 Å². The van der Waals surface area contributed by atoms with Gasteiger partial charge in [0.2, 0.25) is 0 Å². The lowest BCUT2D eigenvalue weighted by Gasteiger charge is -2.04. The molecular formula is C6H13AlNO2. The van der Waals surface area contributed by atoms with Crippen molar-refractivity contribution in [3.8, 4) is 6.57 Å². The molecule has 0 bridgehead atoms. The smallest absolute Gasteiger partial charge is 0.484 e. The standard InChI is InChI=1S/C3H7O.C2H5O.CHN.Al/c1-3(2)4;1-2-3;1-2;/h3H,1-2H3;2H2,1H3;1H;/q2*-1;;+2. The van der Waals surface area contributed by atoms with Crippen LogP contribution in [-0.2, 0) is 7.58 Å². The summed E-state index contributed by atoms with van der Waals surface area (Å²) in [6.07, 6.45) is 0.316. The van der Waals surface area contributed by atoms with Gasteiger partial charge in [-0.3, -0.25) is 0 Å².